The zero-order valence-corrected chi connectivity index (χ0v) is 16.8. The largest absolute Gasteiger partial charge is 0.396 e. The predicted molar refractivity (Wildman–Crippen MR) is 103 cm³/mol. The monoisotopic (exact) mass is 399 g/mol. The summed E-state index contributed by atoms with van der Waals surface area (Å²) in [4.78, 5) is 38.4. The molecule has 0 spiro atoms. The van der Waals surface area contributed by atoms with Crippen molar-refractivity contribution in [2.75, 3.05) is 19.8 Å². The van der Waals surface area contributed by atoms with E-state index in [2.05, 4.69) is 10.3 Å². The Balaban J connectivity index is 0.000000280. The van der Waals surface area contributed by atoms with Gasteiger partial charge in [-0.05, 0) is 6.42 Å². The molecule has 0 saturated heterocycles. The highest BCUT2D eigenvalue weighted by Crippen LogP contribution is 2.19. The van der Waals surface area contributed by atoms with E-state index >= 15 is 0 Å². The molecule has 0 radical (unpaired) electrons. The third kappa shape index (κ3) is 5.06. The topological polar surface area (TPSA) is 152 Å². The van der Waals surface area contributed by atoms with Gasteiger partial charge in [-0.3, -0.25) is 18.7 Å². The fourth-order valence-electron chi connectivity index (χ4n) is 2.30. The molecule has 0 unspecified atom stereocenters. The molecule has 1 atom stereocenters. The van der Waals surface area contributed by atoms with Crippen molar-refractivity contribution in [3.63, 3.8) is 0 Å². The number of nitrogens with one attached hydrogen (secondary N) is 1. The van der Waals surface area contributed by atoms with E-state index in [-0.39, 0.29) is 24.5 Å². The molecule has 2 heterocycles. The molecule has 1 amide bonds. The molecule has 0 bridgehead atoms. The van der Waals surface area contributed by atoms with Gasteiger partial charge >= 0.3 is 5.69 Å². The molecule has 11 nitrogen and oxygen atoms in total. The lowest BCUT2D eigenvalue weighted by molar-refractivity contribution is -0.137. The molecule has 0 aliphatic carbocycles. The van der Waals surface area contributed by atoms with E-state index < -0.39 is 17.4 Å². The number of aryl methyl sites for hydroxylation is 2. The molecule has 0 fully saturated rings. The van der Waals surface area contributed by atoms with Crippen molar-refractivity contribution < 1.29 is 20.1 Å². The quantitative estimate of drug-likeness (QED) is 0.404. The number of amides is 1. The minimum atomic E-state index is -1.23. The molecule has 2 aromatic heterocycles. The van der Waals surface area contributed by atoms with Gasteiger partial charge in [-0.25, -0.2) is 9.78 Å². The summed E-state index contributed by atoms with van der Waals surface area (Å²) >= 11 is 0. The molecule has 11 heteroatoms. The van der Waals surface area contributed by atoms with Gasteiger partial charge < -0.3 is 25.2 Å². The van der Waals surface area contributed by atoms with Crippen LogP contribution in [-0.2, 0) is 25.9 Å². The van der Waals surface area contributed by atoms with Gasteiger partial charge in [0.15, 0.2) is 11.2 Å². The van der Waals surface area contributed by atoms with Crippen LogP contribution in [0.3, 0.4) is 0 Å². The second-order valence-electron chi connectivity index (χ2n) is 7.15. The number of imidazole rings is 1. The van der Waals surface area contributed by atoms with Crippen LogP contribution < -0.4 is 16.6 Å². The number of carbonyl (C=O) groups is 1. The van der Waals surface area contributed by atoms with Crippen LogP contribution in [0, 0.1) is 5.41 Å². The second-order valence-corrected chi connectivity index (χ2v) is 7.15. The van der Waals surface area contributed by atoms with Gasteiger partial charge in [-0.2, -0.15) is 0 Å². The summed E-state index contributed by atoms with van der Waals surface area (Å²) in [5.74, 6) is -0.516. The van der Waals surface area contributed by atoms with Crippen molar-refractivity contribution in [3.8, 4) is 0 Å². The van der Waals surface area contributed by atoms with Gasteiger partial charge in [-0.1, -0.05) is 13.8 Å². The lowest BCUT2D eigenvalue weighted by Gasteiger charge is -2.27. The van der Waals surface area contributed by atoms with Crippen molar-refractivity contribution in [2.24, 2.45) is 26.6 Å². The van der Waals surface area contributed by atoms with Crippen molar-refractivity contribution in [1.82, 2.24) is 24.0 Å². The highest BCUT2D eigenvalue weighted by Gasteiger charge is 2.32. The second kappa shape index (κ2) is 9.62. The average molecular weight is 399 g/mol. The van der Waals surface area contributed by atoms with E-state index in [9.17, 15) is 19.5 Å². The van der Waals surface area contributed by atoms with E-state index in [0.717, 1.165) is 4.57 Å². The highest BCUT2D eigenvalue weighted by molar-refractivity contribution is 5.81. The average Bonchev–Trinajstić information content (AvgIpc) is 3.06. The Kier molecular flexibility index (Phi) is 8.09. The van der Waals surface area contributed by atoms with E-state index in [4.69, 9.17) is 10.2 Å². The third-order valence-electron chi connectivity index (χ3n) is 4.35. The molecule has 4 N–H and O–H groups in total. The minimum absolute atomic E-state index is 0.000230. The molecule has 28 heavy (non-hydrogen) atoms. The maximum atomic E-state index is 11.7. The van der Waals surface area contributed by atoms with E-state index in [1.165, 1.54) is 17.9 Å². The fourth-order valence-corrected chi connectivity index (χ4v) is 2.30. The Bertz CT molecular complexity index is 926. The summed E-state index contributed by atoms with van der Waals surface area (Å²) < 4.78 is 4.04. The molecule has 2 aromatic rings. The van der Waals surface area contributed by atoms with Crippen LogP contribution in [0.25, 0.3) is 11.2 Å². The first-order valence-corrected chi connectivity index (χ1v) is 8.74. The Morgan fingerprint density at radius 1 is 1.21 bits per heavy atom. The van der Waals surface area contributed by atoms with Crippen LogP contribution in [0.4, 0.5) is 0 Å². The first-order chi connectivity index (χ1) is 13.0. The first-order valence-electron chi connectivity index (χ1n) is 8.74. The number of hydrogen-bond acceptors (Lipinski definition) is 7. The smallest absolute Gasteiger partial charge is 0.332 e. The standard InChI is InChI=1S/C9H19NO4.C8H10N4O2/c1-9(2,6-12)7(13)8(14)10-4-3-5-11;1-10-4-9-6-5(10)7(13)12(3)8(14)11(6)2/h7,11-13H,3-6H2,1-2H3,(H,10,14);4H,1-3H3/t7-;/m0./s1. The predicted octanol–water partition coefficient (Wildman–Crippen LogP) is -2.16. The highest BCUT2D eigenvalue weighted by atomic mass is 16.3. The number of carbonyl (C=O) groups excluding carboxylic acids is 1. The lowest BCUT2D eigenvalue weighted by Crippen LogP contribution is -2.45. The number of aromatic nitrogens is 4. The number of fused-ring (bicyclic) bond motifs is 1. The summed E-state index contributed by atoms with van der Waals surface area (Å²) in [6.45, 7) is 3.27. The Morgan fingerprint density at radius 3 is 2.36 bits per heavy atom. The van der Waals surface area contributed by atoms with Gasteiger partial charge in [0.05, 0.1) is 12.9 Å². The molecule has 0 aromatic carbocycles. The van der Waals surface area contributed by atoms with Gasteiger partial charge in [0.2, 0.25) is 5.91 Å². The van der Waals surface area contributed by atoms with Gasteiger partial charge in [0.25, 0.3) is 5.56 Å². The summed E-state index contributed by atoms with van der Waals surface area (Å²) in [6.07, 6.45) is 0.745. The Labute approximate surface area is 161 Å². The van der Waals surface area contributed by atoms with E-state index in [0.29, 0.717) is 24.1 Å². The fraction of sp³-hybridized carbons (Fsp3) is 0.647. The van der Waals surface area contributed by atoms with Crippen LogP contribution in [0.15, 0.2) is 15.9 Å². The normalized spacial score (nSPS) is 12.4. The number of aliphatic hydroxyl groups is 3. The zero-order chi connectivity index (χ0) is 21.6. The SMILES string of the molecule is CC(C)(CO)[C@@H](O)C(=O)NCCCO.Cn1c(=O)c2c(ncn2C)n(C)c1=O. The summed E-state index contributed by atoms with van der Waals surface area (Å²) in [6, 6.07) is 0. The van der Waals surface area contributed by atoms with Crippen LogP contribution >= 0.6 is 0 Å². The summed E-state index contributed by atoms with van der Waals surface area (Å²) in [5, 5.41) is 29.3. The Morgan fingerprint density at radius 2 is 1.82 bits per heavy atom. The molecule has 0 saturated carbocycles. The van der Waals surface area contributed by atoms with Crippen LogP contribution in [0.5, 0.6) is 0 Å². The third-order valence-corrected chi connectivity index (χ3v) is 4.35. The molecule has 0 aliphatic heterocycles. The van der Waals surface area contributed by atoms with Crippen LogP contribution in [0.1, 0.15) is 20.3 Å². The first kappa shape index (κ1) is 23.5. The van der Waals surface area contributed by atoms with E-state index in [1.807, 2.05) is 0 Å². The number of hydrogen-bond donors (Lipinski definition) is 4. The molecule has 158 valence electrons. The van der Waals surface area contributed by atoms with Crippen molar-refractivity contribution in [3.05, 3.63) is 27.2 Å². The molecular formula is C17H29N5O6. The number of nitrogens with zero attached hydrogens (tertiary/aromatic N) is 4. The number of rotatable bonds is 6. The van der Waals surface area contributed by atoms with Crippen molar-refractivity contribution in [2.45, 2.75) is 26.4 Å². The Hall–Kier alpha value is -2.50. The van der Waals surface area contributed by atoms with Crippen molar-refractivity contribution >= 4 is 17.1 Å². The van der Waals surface area contributed by atoms with Crippen LogP contribution in [-0.4, -0.2) is 65.8 Å². The van der Waals surface area contributed by atoms with E-state index in [1.54, 1.807) is 32.5 Å². The summed E-state index contributed by atoms with van der Waals surface area (Å²) in [7, 11) is 4.77. The lowest BCUT2D eigenvalue weighted by atomic mass is 9.87. The van der Waals surface area contributed by atoms with Gasteiger partial charge in [-0.15, -0.1) is 0 Å². The summed E-state index contributed by atoms with van der Waals surface area (Å²) in [5.41, 5.74) is -0.664. The maximum Gasteiger partial charge on any atom is 0.332 e. The van der Waals surface area contributed by atoms with Crippen molar-refractivity contribution in [1.29, 1.82) is 0 Å². The zero-order valence-electron chi connectivity index (χ0n) is 16.8. The maximum absolute atomic E-state index is 11.7. The number of aliphatic hydroxyl groups excluding tert-OH is 3. The minimum Gasteiger partial charge on any atom is -0.396 e. The molecule has 0 aliphatic rings. The molecular weight excluding hydrogens is 370 g/mol. The molecule has 2 rings (SSSR count). The van der Waals surface area contributed by atoms with Crippen LogP contribution in [0.2, 0.25) is 0 Å². The van der Waals surface area contributed by atoms with Gasteiger partial charge in [0.1, 0.15) is 6.10 Å². The van der Waals surface area contributed by atoms with Gasteiger partial charge in [0, 0.05) is 39.7 Å².